The molecule has 2 aromatic heterocycles. The largest absolute Gasteiger partial charge is 1.00 e. The minimum Gasteiger partial charge on any atom is -1.00 e. The van der Waals surface area contributed by atoms with E-state index in [4.69, 9.17) is 9.15 Å². The minimum absolute atomic E-state index is 0. The Bertz CT molecular complexity index is 1330. The van der Waals surface area contributed by atoms with Gasteiger partial charge >= 0.3 is 0 Å². The van der Waals surface area contributed by atoms with Crippen molar-refractivity contribution in [2.75, 3.05) is 65.8 Å². The number of likely N-dealkylation sites (N-methyl/N-ethyl adjacent to an activating group) is 1. The van der Waals surface area contributed by atoms with E-state index in [-0.39, 0.29) is 48.0 Å². The summed E-state index contributed by atoms with van der Waals surface area (Å²) in [6.45, 7) is 6.28. The van der Waals surface area contributed by atoms with E-state index < -0.39 is 0 Å². The SMILES string of the molecule is CN(C)CCCNc1c2ccccc2[n+](C)c2c1oc1ccc(OCC[N+]3(C)CCCCC3)cc12.[I-].[I-]. The summed E-state index contributed by atoms with van der Waals surface area (Å²) in [6, 6.07) is 14.8. The number of rotatable bonds is 9. The third-order valence-corrected chi connectivity index (χ3v) is 7.61. The van der Waals surface area contributed by atoms with Crippen molar-refractivity contribution in [2.45, 2.75) is 25.7 Å². The topological polar surface area (TPSA) is 41.5 Å². The number of pyridine rings is 1. The zero-order valence-electron chi connectivity index (χ0n) is 22.5. The fourth-order valence-corrected chi connectivity index (χ4v) is 5.54. The molecule has 0 spiro atoms. The predicted octanol–water partition coefficient (Wildman–Crippen LogP) is -1.06. The number of hydrogen-bond donors (Lipinski definition) is 1. The molecule has 0 radical (unpaired) electrons. The summed E-state index contributed by atoms with van der Waals surface area (Å²) in [5.41, 5.74) is 5.17. The lowest BCUT2D eigenvalue weighted by molar-refractivity contribution is -0.914. The molecular weight excluding hydrogens is 690 g/mol. The Morgan fingerprint density at radius 2 is 1.78 bits per heavy atom. The van der Waals surface area contributed by atoms with Crippen LogP contribution in [0.25, 0.3) is 33.0 Å². The second kappa shape index (κ2) is 13.1. The van der Waals surface area contributed by atoms with E-state index in [0.29, 0.717) is 0 Å². The fraction of sp³-hybridized carbons (Fsp3) is 0.483. The number of aromatic nitrogens is 1. The Morgan fingerprint density at radius 3 is 2.54 bits per heavy atom. The molecule has 2 aromatic carbocycles. The lowest BCUT2D eigenvalue weighted by atomic mass is 10.1. The molecule has 5 rings (SSSR count). The van der Waals surface area contributed by atoms with Crippen molar-refractivity contribution in [2.24, 2.45) is 7.05 Å². The van der Waals surface area contributed by atoms with Crippen LogP contribution in [-0.4, -0.2) is 69.9 Å². The summed E-state index contributed by atoms with van der Waals surface area (Å²) >= 11 is 0. The van der Waals surface area contributed by atoms with E-state index in [1.54, 1.807) is 0 Å². The van der Waals surface area contributed by atoms with Gasteiger partial charge < -0.3 is 71.8 Å². The van der Waals surface area contributed by atoms with Gasteiger partial charge in [-0.15, -0.1) is 0 Å². The quantitative estimate of drug-likeness (QED) is 0.103. The molecule has 1 fully saturated rings. The zero-order chi connectivity index (χ0) is 24.4. The number of benzene rings is 2. The van der Waals surface area contributed by atoms with Gasteiger partial charge in [-0.2, -0.15) is 4.57 Å². The third-order valence-electron chi connectivity index (χ3n) is 7.61. The van der Waals surface area contributed by atoms with Gasteiger partial charge in [0.1, 0.15) is 31.5 Å². The molecule has 0 amide bonds. The van der Waals surface area contributed by atoms with Crippen LogP contribution in [0.2, 0.25) is 0 Å². The van der Waals surface area contributed by atoms with Crippen molar-refractivity contribution in [1.82, 2.24) is 4.90 Å². The maximum absolute atomic E-state index is 6.47. The molecule has 1 aliphatic rings. The van der Waals surface area contributed by atoms with Crippen LogP contribution in [0.5, 0.6) is 5.75 Å². The molecule has 1 N–H and O–H groups in total. The monoisotopic (exact) mass is 730 g/mol. The fourth-order valence-electron chi connectivity index (χ4n) is 5.54. The molecule has 4 aromatic rings. The van der Waals surface area contributed by atoms with Gasteiger partial charge in [0, 0.05) is 12.6 Å². The minimum atomic E-state index is 0. The average Bonchev–Trinajstić information content (AvgIpc) is 3.23. The number of quaternary nitrogens is 1. The van der Waals surface area contributed by atoms with Gasteiger partial charge in [0.2, 0.25) is 11.1 Å². The highest BCUT2D eigenvalue weighted by molar-refractivity contribution is 6.11. The molecule has 0 bridgehead atoms. The Kier molecular flexibility index (Phi) is 10.7. The number of anilines is 1. The predicted molar refractivity (Wildman–Crippen MR) is 144 cm³/mol. The molecule has 0 aliphatic carbocycles. The van der Waals surface area contributed by atoms with Crippen LogP contribution in [0.1, 0.15) is 25.7 Å². The first kappa shape index (κ1) is 30.2. The van der Waals surface area contributed by atoms with Gasteiger partial charge in [-0.3, -0.25) is 0 Å². The van der Waals surface area contributed by atoms with Gasteiger partial charge in [-0.25, -0.2) is 0 Å². The Labute approximate surface area is 254 Å². The van der Waals surface area contributed by atoms with Crippen LogP contribution in [0, 0.1) is 0 Å². The summed E-state index contributed by atoms with van der Waals surface area (Å²) in [7, 11) is 8.73. The van der Waals surface area contributed by atoms with Crippen molar-refractivity contribution >= 4 is 38.7 Å². The molecule has 3 heterocycles. The van der Waals surface area contributed by atoms with Gasteiger partial charge in [-0.1, -0.05) is 12.1 Å². The standard InChI is InChI=1S/C29H39N4O2.2HI/c1-31(2)16-10-15-30-27-23-11-6-7-12-25(23)32(3)28-24-21-22(13-14-26(24)35-29(27)28)34-20-19-33(4)17-8-5-9-18-33;;/h6-7,11-14,21H,5,8-10,15-20H2,1-4H3;2*1H/q+1;;/p-1. The van der Waals surface area contributed by atoms with E-state index >= 15 is 0 Å². The molecule has 0 saturated carbocycles. The van der Waals surface area contributed by atoms with E-state index in [1.165, 1.54) is 43.3 Å². The molecule has 202 valence electrons. The number of para-hydroxylation sites is 1. The summed E-state index contributed by atoms with van der Waals surface area (Å²) < 4.78 is 16.1. The van der Waals surface area contributed by atoms with Crippen molar-refractivity contribution < 1.29 is 66.2 Å². The Hall–Kier alpha value is -1.37. The molecule has 1 aliphatic heterocycles. The number of likely N-dealkylation sites (tertiary alicyclic amines) is 1. The first-order chi connectivity index (χ1) is 17.0. The summed E-state index contributed by atoms with van der Waals surface area (Å²) in [5.74, 6) is 0.914. The van der Waals surface area contributed by atoms with E-state index in [1.807, 2.05) is 6.07 Å². The van der Waals surface area contributed by atoms with Gasteiger partial charge in [0.15, 0.2) is 0 Å². The van der Waals surface area contributed by atoms with Gasteiger partial charge in [0.05, 0.1) is 36.6 Å². The van der Waals surface area contributed by atoms with Crippen molar-refractivity contribution in [3.63, 3.8) is 0 Å². The molecule has 8 heteroatoms. The van der Waals surface area contributed by atoms with Crippen LogP contribution in [0.15, 0.2) is 46.9 Å². The number of furan rings is 1. The number of hydrogen-bond acceptors (Lipinski definition) is 4. The van der Waals surface area contributed by atoms with Crippen LogP contribution in [0.3, 0.4) is 0 Å². The summed E-state index contributed by atoms with van der Waals surface area (Å²) in [5, 5.41) is 5.98. The highest BCUT2D eigenvalue weighted by atomic mass is 127. The van der Waals surface area contributed by atoms with Gasteiger partial charge in [0.25, 0.3) is 5.52 Å². The van der Waals surface area contributed by atoms with E-state index in [0.717, 1.165) is 70.7 Å². The first-order valence-electron chi connectivity index (χ1n) is 13.1. The van der Waals surface area contributed by atoms with Crippen LogP contribution in [-0.2, 0) is 7.05 Å². The number of halogens is 2. The maximum atomic E-state index is 6.47. The molecule has 0 unspecified atom stereocenters. The van der Waals surface area contributed by atoms with Crippen LogP contribution in [0.4, 0.5) is 5.69 Å². The second-order valence-electron chi connectivity index (χ2n) is 10.7. The van der Waals surface area contributed by atoms with Gasteiger partial charge in [-0.05, 0) is 70.6 Å². The lowest BCUT2D eigenvalue weighted by Crippen LogP contribution is -3.00. The second-order valence-corrected chi connectivity index (χ2v) is 10.7. The van der Waals surface area contributed by atoms with E-state index in [2.05, 4.69) is 79.4 Å². The molecule has 1 saturated heterocycles. The highest BCUT2D eigenvalue weighted by Gasteiger charge is 2.26. The molecular formula is C29H40I2N4O2. The van der Waals surface area contributed by atoms with E-state index in [9.17, 15) is 0 Å². The van der Waals surface area contributed by atoms with Crippen molar-refractivity contribution in [1.29, 1.82) is 0 Å². The number of piperidine rings is 1. The number of fused-ring (bicyclic) bond motifs is 4. The molecule has 6 nitrogen and oxygen atoms in total. The molecule has 0 atom stereocenters. The lowest BCUT2D eigenvalue weighted by Gasteiger charge is -2.37. The summed E-state index contributed by atoms with van der Waals surface area (Å²) in [6.07, 6.45) is 5.11. The average molecular weight is 730 g/mol. The number of ether oxygens (including phenoxy) is 1. The van der Waals surface area contributed by atoms with Crippen LogP contribution < -0.4 is 62.6 Å². The number of nitrogens with one attached hydrogen (secondary N) is 1. The normalized spacial score (nSPS) is 15.1. The van der Waals surface area contributed by atoms with Crippen molar-refractivity contribution in [3.8, 4) is 5.75 Å². The van der Waals surface area contributed by atoms with Crippen molar-refractivity contribution in [3.05, 3.63) is 42.5 Å². The number of nitrogens with zero attached hydrogens (tertiary/aromatic N) is 3. The first-order valence-corrected chi connectivity index (χ1v) is 13.1. The smallest absolute Gasteiger partial charge is 0.261 e. The Morgan fingerprint density at radius 1 is 1.03 bits per heavy atom. The molecule has 37 heavy (non-hydrogen) atoms. The summed E-state index contributed by atoms with van der Waals surface area (Å²) in [4.78, 5) is 2.22. The highest BCUT2D eigenvalue weighted by Crippen LogP contribution is 2.37. The van der Waals surface area contributed by atoms with Crippen LogP contribution >= 0.6 is 0 Å². The number of aryl methyl sites for hydroxylation is 1. The maximum Gasteiger partial charge on any atom is 0.261 e. The zero-order valence-corrected chi connectivity index (χ0v) is 26.8. The third kappa shape index (κ3) is 6.62. The Balaban J connectivity index is 0.00000190.